The smallest absolute Gasteiger partial charge is 0.252 e. The normalized spacial score (nSPS) is 17.0. The fourth-order valence-corrected chi connectivity index (χ4v) is 7.25. The maximum atomic E-state index is 13.1. The fraction of sp³-hybridized carbons (Fsp3) is 0.217. The van der Waals surface area contributed by atoms with E-state index in [1.807, 2.05) is 6.07 Å². The molecule has 1 aliphatic rings. The molecule has 0 bridgehead atoms. The second-order valence-electron chi connectivity index (χ2n) is 7.64. The van der Waals surface area contributed by atoms with Crippen molar-refractivity contribution in [1.82, 2.24) is 4.31 Å². The van der Waals surface area contributed by atoms with Gasteiger partial charge in [-0.05, 0) is 43.2 Å². The largest absolute Gasteiger partial charge is 0.325 e. The Hall–Kier alpha value is -2.04. The van der Waals surface area contributed by atoms with E-state index in [4.69, 9.17) is 11.6 Å². The van der Waals surface area contributed by atoms with Crippen molar-refractivity contribution in [3.05, 3.63) is 80.6 Å². The van der Waals surface area contributed by atoms with Crippen LogP contribution in [-0.2, 0) is 14.8 Å². The Labute approximate surface area is 209 Å². The van der Waals surface area contributed by atoms with E-state index in [0.717, 1.165) is 11.3 Å². The molecule has 0 saturated carbocycles. The number of hydrogen-bond donors (Lipinski definition) is 1. The van der Waals surface area contributed by atoms with Crippen molar-refractivity contribution in [2.75, 3.05) is 18.4 Å². The Bertz CT molecular complexity index is 1290. The molecular weight excluding hydrogens is 548 g/mol. The Balaban J connectivity index is 1.53. The van der Waals surface area contributed by atoms with Crippen LogP contribution in [0.5, 0.6) is 0 Å². The molecule has 1 N–H and O–H groups in total. The Kier molecular flexibility index (Phi) is 7.35. The molecule has 33 heavy (non-hydrogen) atoms. The fourth-order valence-electron chi connectivity index (χ4n) is 3.73. The molecule has 0 radical (unpaired) electrons. The van der Waals surface area contributed by atoms with Crippen molar-refractivity contribution < 1.29 is 18.0 Å². The molecule has 1 aromatic heterocycles. The lowest BCUT2D eigenvalue weighted by atomic mass is 9.97. The summed E-state index contributed by atoms with van der Waals surface area (Å²) in [4.78, 5) is 26.2. The number of ketones is 1. The first-order valence-electron chi connectivity index (χ1n) is 10.2. The van der Waals surface area contributed by atoms with Gasteiger partial charge in [-0.1, -0.05) is 57.9 Å². The molecule has 2 aromatic carbocycles. The number of thiophene rings is 1. The van der Waals surface area contributed by atoms with E-state index < -0.39 is 15.9 Å². The summed E-state index contributed by atoms with van der Waals surface area (Å²) in [6.07, 6.45) is 1.12. The maximum absolute atomic E-state index is 13.1. The quantitative estimate of drug-likeness (QED) is 0.403. The molecule has 172 valence electrons. The SMILES string of the molecule is O=C(c1ccccc1)c1cc(Br)ccc1NC(=O)C1CCCN(S(=O)(=O)c2ccc(Cl)s2)C1. The van der Waals surface area contributed by atoms with Crippen molar-refractivity contribution in [3.8, 4) is 0 Å². The standard InChI is InChI=1S/C23H20BrClN2O4S2/c24-17-8-9-19(18(13-17)22(28)15-5-2-1-3-6-15)26-23(29)16-7-4-12-27(14-16)33(30,31)21-11-10-20(25)32-21/h1-3,5-6,8-11,13,16H,4,7,12,14H2,(H,26,29). The van der Waals surface area contributed by atoms with Gasteiger partial charge in [0.1, 0.15) is 4.21 Å². The van der Waals surface area contributed by atoms with E-state index in [2.05, 4.69) is 21.2 Å². The number of nitrogens with zero attached hydrogens (tertiary/aromatic N) is 1. The number of piperidine rings is 1. The molecule has 10 heteroatoms. The molecule has 2 heterocycles. The van der Waals surface area contributed by atoms with Crippen molar-refractivity contribution in [2.24, 2.45) is 5.92 Å². The van der Waals surface area contributed by atoms with Crippen molar-refractivity contribution in [2.45, 2.75) is 17.1 Å². The van der Waals surface area contributed by atoms with Gasteiger partial charge in [0, 0.05) is 28.7 Å². The number of amides is 1. The highest BCUT2D eigenvalue weighted by Crippen LogP contribution is 2.31. The predicted octanol–water partition coefficient (Wildman–Crippen LogP) is 5.43. The number of carbonyl (C=O) groups is 2. The zero-order valence-electron chi connectivity index (χ0n) is 17.3. The number of benzene rings is 2. The molecule has 6 nitrogen and oxygen atoms in total. The number of hydrogen-bond acceptors (Lipinski definition) is 5. The number of halogens is 2. The van der Waals surface area contributed by atoms with Crippen LogP contribution in [-0.4, -0.2) is 37.5 Å². The van der Waals surface area contributed by atoms with Crippen LogP contribution in [0.2, 0.25) is 4.34 Å². The van der Waals surface area contributed by atoms with E-state index in [-0.39, 0.29) is 22.4 Å². The van der Waals surface area contributed by atoms with Gasteiger partial charge in [-0.3, -0.25) is 9.59 Å². The lowest BCUT2D eigenvalue weighted by Gasteiger charge is -2.31. The Morgan fingerprint density at radius 3 is 2.55 bits per heavy atom. The summed E-state index contributed by atoms with van der Waals surface area (Å²) in [6, 6.07) is 16.9. The summed E-state index contributed by atoms with van der Waals surface area (Å²) >= 11 is 10.3. The van der Waals surface area contributed by atoms with E-state index >= 15 is 0 Å². The second kappa shape index (κ2) is 10.1. The van der Waals surface area contributed by atoms with Crippen molar-refractivity contribution in [3.63, 3.8) is 0 Å². The van der Waals surface area contributed by atoms with Gasteiger partial charge in [0.15, 0.2) is 5.78 Å². The molecule has 4 rings (SSSR count). The monoisotopic (exact) mass is 566 g/mol. The van der Waals surface area contributed by atoms with Gasteiger partial charge in [0.05, 0.1) is 15.9 Å². The average Bonchev–Trinajstić information content (AvgIpc) is 3.27. The van der Waals surface area contributed by atoms with E-state index in [9.17, 15) is 18.0 Å². The average molecular weight is 568 g/mol. The van der Waals surface area contributed by atoms with E-state index in [0.29, 0.717) is 45.0 Å². The zero-order chi connectivity index (χ0) is 23.6. The molecular formula is C23H20BrClN2O4S2. The molecule has 0 aliphatic carbocycles. The lowest BCUT2D eigenvalue weighted by molar-refractivity contribution is -0.120. The van der Waals surface area contributed by atoms with Crippen LogP contribution < -0.4 is 5.32 Å². The molecule has 1 aliphatic heterocycles. The third-order valence-electron chi connectivity index (χ3n) is 5.42. The predicted molar refractivity (Wildman–Crippen MR) is 133 cm³/mol. The highest BCUT2D eigenvalue weighted by molar-refractivity contribution is 9.10. The van der Waals surface area contributed by atoms with Crippen LogP contribution in [0.4, 0.5) is 5.69 Å². The van der Waals surface area contributed by atoms with E-state index in [1.54, 1.807) is 48.5 Å². The summed E-state index contributed by atoms with van der Waals surface area (Å²) in [5, 5.41) is 2.85. The second-order valence-corrected chi connectivity index (χ2v) is 12.4. The molecule has 0 spiro atoms. The molecule has 1 unspecified atom stereocenters. The summed E-state index contributed by atoms with van der Waals surface area (Å²) in [6.45, 7) is 0.417. The molecule has 1 saturated heterocycles. The van der Waals surface area contributed by atoms with Gasteiger partial charge in [-0.25, -0.2) is 8.42 Å². The summed E-state index contributed by atoms with van der Waals surface area (Å²) in [7, 11) is -3.72. The Morgan fingerprint density at radius 1 is 1.09 bits per heavy atom. The minimum absolute atomic E-state index is 0.0716. The number of carbonyl (C=O) groups excluding carboxylic acids is 2. The van der Waals surface area contributed by atoms with Crippen LogP contribution in [0.15, 0.2) is 69.3 Å². The highest BCUT2D eigenvalue weighted by Gasteiger charge is 2.34. The van der Waals surface area contributed by atoms with Crippen LogP contribution >= 0.6 is 38.9 Å². The number of anilines is 1. The summed E-state index contributed by atoms with van der Waals surface area (Å²) < 4.78 is 28.5. The number of rotatable bonds is 6. The molecule has 1 amide bonds. The van der Waals surface area contributed by atoms with Gasteiger partial charge < -0.3 is 5.32 Å². The zero-order valence-corrected chi connectivity index (χ0v) is 21.3. The first-order valence-corrected chi connectivity index (χ1v) is 13.6. The molecule has 1 atom stereocenters. The number of nitrogens with one attached hydrogen (secondary N) is 1. The molecule has 1 fully saturated rings. The van der Waals surface area contributed by atoms with Crippen LogP contribution in [0.3, 0.4) is 0 Å². The minimum atomic E-state index is -3.72. The Morgan fingerprint density at radius 2 is 1.85 bits per heavy atom. The van der Waals surface area contributed by atoms with Crippen LogP contribution in [0.1, 0.15) is 28.8 Å². The van der Waals surface area contributed by atoms with Gasteiger partial charge in [-0.15, -0.1) is 11.3 Å². The van der Waals surface area contributed by atoms with Crippen LogP contribution in [0, 0.1) is 5.92 Å². The van der Waals surface area contributed by atoms with Gasteiger partial charge in [-0.2, -0.15) is 4.31 Å². The highest BCUT2D eigenvalue weighted by atomic mass is 79.9. The topological polar surface area (TPSA) is 83.6 Å². The third-order valence-corrected chi connectivity index (χ3v) is 9.47. The molecule has 3 aromatic rings. The lowest BCUT2D eigenvalue weighted by Crippen LogP contribution is -2.43. The van der Waals surface area contributed by atoms with Crippen molar-refractivity contribution in [1.29, 1.82) is 0 Å². The van der Waals surface area contributed by atoms with Gasteiger partial charge >= 0.3 is 0 Å². The minimum Gasteiger partial charge on any atom is -0.325 e. The van der Waals surface area contributed by atoms with E-state index in [1.165, 1.54) is 10.4 Å². The summed E-state index contributed by atoms with van der Waals surface area (Å²) in [5.74, 6) is -1.06. The van der Waals surface area contributed by atoms with Crippen molar-refractivity contribution >= 4 is 66.3 Å². The first-order chi connectivity index (χ1) is 15.8. The third kappa shape index (κ3) is 5.38. The van der Waals surface area contributed by atoms with Gasteiger partial charge in [0.25, 0.3) is 10.0 Å². The van der Waals surface area contributed by atoms with Crippen LogP contribution in [0.25, 0.3) is 0 Å². The first kappa shape index (κ1) is 24.1. The number of sulfonamides is 1. The summed E-state index contributed by atoms with van der Waals surface area (Å²) in [5.41, 5.74) is 1.26. The maximum Gasteiger partial charge on any atom is 0.252 e. The van der Waals surface area contributed by atoms with Gasteiger partial charge in [0.2, 0.25) is 5.91 Å².